The van der Waals surface area contributed by atoms with Gasteiger partial charge < -0.3 is 5.32 Å². The molecule has 0 bridgehead atoms. The topological polar surface area (TPSA) is 68.9 Å². The van der Waals surface area contributed by atoms with E-state index in [9.17, 15) is 22.8 Å². The summed E-state index contributed by atoms with van der Waals surface area (Å²) >= 11 is 5.76. The molecule has 0 radical (unpaired) electrons. The highest BCUT2D eigenvalue weighted by Gasteiger charge is 2.37. The van der Waals surface area contributed by atoms with E-state index >= 15 is 0 Å². The van der Waals surface area contributed by atoms with E-state index in [0.29, 0.717) is 19.8 Å². The van der Waals surface area contributed by atoms with Crippen molar-refractivity contribution in [2.24, 2.45) is 7.05 Å². The summed E-state index contributed by atoms with van der Waals surface area (Å²) in [6.07, 6.45) is -4.72. The lowest BCUT2D eigenvalue weighted by Gasteiger charge is -2.05. The molecule has 23 heavy (non-hydrogen) atoms. The van der Waals surface area contributed by atoms with Crippen LogP contribution in [0.1, 0.15) is 16.2 Å². The summed E-state index contributed by atoms with van der Waals surface area (Å²) in [6.45, 7) is -0.241. The monoisotopic (exact) mass is 348 g/mol. The fraction of sp³-hybridized carbons (Fsp3) is 0.308. The zero-order valence-corrected chi connectivity index (χ0v) is 12.6. The zero-order chi connectivity index (χ0) is 17.2. The average molecular weight is 349 g/mol. The Morgan fingerprint density at radius 3 is 2.65 bits per heavy atom. The van der Waals surface area contributed by atoms with Gasteiger partial charge in [0.25, 0.3) is 5.91 Å². The molecular weight excluding hydrogens is 337 g/mol. The van der Waals surface area contributed by atoms with Crippen molar-refractivity contribution in [1.29, 1.82) is 0 Å². The fourth-order valence-electron chi connectivity index (χ4n) is 1.89. The maximum Gasteiger partial charge on any atom is 0.451 e. The Morgan fingerprint density at radius 2 is 2.09 bits per heavy atom. The summed E-state index contributed by atoms with van der Waals surface area (Å²) in [5, 5.41) is 6.10. The van der Waals surface area contributed by atoms with Gasteiger partial charge in [-0.15, -0.1) is 5.10 Å². The van der Waals surface area contributed by atoms with E-state index in [1.807, 2.05) is 0 Å². The number of nitrogens with one attached hydrogen (secondary N) is 1. The third kappa shape index (κ3) is 3.92. The van der Waals surface area contributed by atoms with E-state index in [4.69, 9.17) is 11.6 Å². The molecule has 1 heterocycles. The van der Waals surface area contributed by atoms with Crippen molar-refractivity contribution in [3.63, 3.8) is 0 Å². The molecule has 0 atom stereocenters. The van der Waals surface area contributed by atoms with Crippen LogP contribution in [0.15, 0.2) is 29.1 Å². The van der Waals surface area contributed by atoms with Crippen LogP contribution in [-0.2, 0) is 19.8 Å². The largest absolute Gasteiger partial charge is 0.451 e. The first-order valence-corrected chi connectivity index (χ1v) is 6.82. The fourth-order valence-corrected chi connectivity index (χ4v) is 2.08. The molecule has 124 valence electrons. The number of hydrogen-bond donors (Lipinski definition) is 1. The Kier molecular flexibility index (Phi) is 4.79. The lowest BCUT2D eigenvalue weighted by molar-refractivity contribution is -0.147. The van der Waals surface area contributed by atoms with Crippen LogP contribution in [-0.4, -0.2) is 26.8 Å². The summed E-state index contributed by atoms with van der Waals surface area (Å²) < 4.78 is 39.0. The van der Waals surface area contributed by atoms with Gasteiger partial charge in [-0.25, -0.2) is 9.48 Å². The molecule has 0 unspecified atom stereocenters. The lowest BCUT2D eigenvalue weighted by atomic mass is 10.2. The standard InChI is InChI=1S/C13H12ClF3N4O2/c1-20-11(13(15,16)17)19-21(12(20)23)6-5-18-10(22)8-3-2-4-9(14)7-8/h2-4,7H,5-6H2,1H3,(H,18,22). The van der Waals surface area contributed by atoms with Crippen LogP contribution in [0, 0.1) is 0 Å². The van der Waals surface area contributed by atoms with Gasteiger partial charge in [0.15, 0.2) is 0 Å². The minimum absolute atomic E-state index is 0.0560. The molecule has 0 spiro atoms. The third-order valence-electron chi connectivity index (χ3n) is 2.99. The van der Waals surface area contributed by atoms with Gasteiger partial charge in [-0.1, -0.05) is 17.7 Å². The van der Waals surface area contributed by atoms with Crippen LogP contribution in [0.2, 0.25) is 5.02 Å². The molecule has 1 amide bonds. The number of aromatic nitrogens is 3. The van der Waals surface area contributed by atoms with Crippen molar-refractivity contribution in [3.8, 4) is 0 Å². The second-order valence-electron chi connectivity index (χ2n) is 4.65. The normalized spacial score (nSPS) is 11.5. The number of benzene rings is 1. The van der Waals surface area contributed by atoms with Crippen molar-refractivity contribution in [1.82, 2.24) is 19.7 Å². The van der Waals surface area contributed by atoms with Gasteiger partial charge in [0.05, 0.1) is 6.54 Å². The molecule has 0 saturated heterocycles. The molecule has 10 heteroatoms. The highest BCUT2D eigenvalue weighted by molar-refractivity contribution is 6.30. The van der Waals surface area contributed by atoms with Crippen LogP contribution in [0.25, 0.3) is 0 Å². The van der Waals surface area contributed by atoms with Gasteiger partial charge in [-0.05, 0) is 18.2 Å². The van der Waals surface area contributed by atoms with Crippen LogP contribution in [0.4, 0.5) is 13.2 Å². The third-order valence-corrected chi connectivity index (χ3v) is 3.23. The molecule has 0 aliphatic carbocycles. The Hall–Kier alpha value is -2.29. The molecule has 0 aliphatic heterocycles. The van der Waals surface area contributed by atoms with Crippen LogP contribution >= 0.6 is 11.6 Å². The Labute approximate surface area is 133 Å². The Morgan fingerprint density at radius 1 is 1.39 bits per heavy atom. The first-order chi connectivity index (χ1) is 10.7. The van der Waals surface area contributed by atoms with Crippen LogP contribution in [0.5, 0.6) is 0 Å². The van der Waals surface area contributed by atoms with E-state index in [0.717, 1.165) is 7.05 Å². The van der Waals surface area contributed by atoms with Gasteiger partial charge in [0, 0.05) is 24.2 Å². The Bertz CT molecular complexity index is 782. The van der Waals surface area contributed by atoms with Crippen molar-refractivity contribution >= 4 is 17.5 Å². The van der Waals surface area contributed by atoms with Gasteiger partial charge in [0.1, 0.15) is 0 Å². The molecule has 2 rings (SSSR count). The summed E-state index contributed by atoms with van der Waals surface area (Å²) in [7, 11) is 0.985. The van der Waals surface area contributed by atoms with E-state index in [2.05, 4.69) is 10.4 Å². The molecule has 2 aromatic rings. The predicted molar refractivity (Wildman–Crippen MR) is 76.3 cm³/mol. The molecule has 1 N–H and O–H groups in total. The number of hydrogen-bond acceptors (Lipinski definition) is 3. The SMILES string of the molecule is Cn1c(C(F)(F)F)nn(CCNC(=O)c2cccc(Cl)c2)c1=O. The number of nitrogens with zero attached hydrogens (tertiary/aromatic N) is 3. The number of rotatable bonds is 4. The molecule has 0 fully saturated rings. The summed E-state index contributed by atoms with van der Waals surface area (Å²) in [4.78, 5) is 23.5. The molecule has 0 saturated carbocycles. The second kappa shape index (κ2) is 6.45. The number of halogens is 4. The maximum atomic E-state index is 12.6. The maximum absolute atomic E-state index is 12.6. The first kappa shape index (κ1) is 17.1. The number of amides is 1. The van der Waals surface area contributed by atoms with E-state index in [1.165, 1.54) is 12.1 Å². The minimum atomic E-state index is -4.72. The highest BCUT2D eigenvalue weighted by Crippen LogP contribution is 2.25. The highest BCUT2D eigenvalue weighted by atomic mass is 35.5. The van der Waals surface area contributed by atoms with E-state index in [1.54, 1.807) is 12.1 Å². The zero-order valence-electron chi connectivity index (χ0n) is 11.9. The first-order valence-electron chi connectivity index (χ1n) is 6.45. The van der Waals surface area contributed by atoms with Crippen molar-refractivity contribution in [3.05, 3.63) is 51.2 Å². The molecule has 1 aromatic carbocycles. The Balaban J connectivity index is 2.02. The quantitative estimate of drug-likeness (QED) is 0.914. The molecule has 1 aromatic heterocycles. The van der Waals surface area contributed by atoms with E-state index in [-0.39, 0.29) is 13.1 Å². The molecule has 0 aliphatic rings. The predicted octanol–water partition coefficient (Wildman–Crippen LogP) is 1.68. The minimum Gasteiger partial charge on any atom is -0.350 e. The van der Waals surface area contributed by atoms with Crippen molar-refractivity contribution < 1.29 is 18.0 Å². The second-order valence-corrected chi connectivity index (χ2v) is 5.09. The smallest absolute Gasteiger partial charge is 0.350 e. The average Bonchev–Trinajstić information content (AvgIpc) is 2.75. The van der Waals surface area contributed by atoms with Gasteiger partial charge in [-0.2, -0.15) is 13.2 Å². The number of alkyl halides is 3. The van der Waals surface area contributed by atoms with Crippen LogP contribution in [0.3, 0.4) is 0 Å². The van der Waals surface area contributed by atoms with Crippen LogP contribution < -0.4 is 11.0 Å². The van der Waals surface area contributed by atoms with Crippen molar-refractivity contribution in [2.75, 3.05) is 6.54 Å². The number of carbonyl (C=O) groups is 1. The van der Waals surface area contributed by atoms with E-state index < -0.39 is 23.6 Å². The molecule has 6 nitrogen and oxygen atoms in total. The number of carbonyl (C=O) groups excluding carboxylic acids is 1. The molecular formula is C13H12ClF3N4O2. The summed E-state index contributed by atoms with van der Waals surface area (Å²) in [5.41, 5.74) is -0.601. The summed E-state index contributed by atoms with van der Waals surface area (Å²) in [5.74, 6) is -1.74. The van der Waals surface area contributed by atoms with Gasteiger partial charge >= 0.3 is 11.9 Å². The lowest BCUT2D eigenvalue weighted by Crippen LogP contribution is -2.31. The van der Waals surface area contributed by atoms with Crippen molar-refractivity contribution in [2.45, 2.75) is 12.7 Å². The summed E-state index contributed by atoms with van der Waals surface area (Å²) in [6, 6.07) is 6.18. The van der Waals surface area contributed by atoms with Gasteiger partial charge in [-0.3, -0.25) is 9.36 Å². The van der Waals surface area contributed by atoms with Gasteiger partial charge in [0.2, 0.25) is 5.82 Å².